The summed E-state index contributed by atoms with van der Waals surface area (Å²) in [5.41, 5.74) is 0. The zero-order valence-electron chi connectivity index (χ0n) is 23.5. The molecule has 10 N–H and O–H groups in total. The van der Waals surface area contributed by atoms with Crippen LogP contribution >= 0.6 is 0 Å². The number of hydrogen-bond acceptors (Lipinski definition) is 15. The SMILES string of the molecule is CC(=O)N[C@@H]1[C@H](O[C@@H]2[C@H](O)[C@H](C)O[C@@H](O[C@H]3[C@@H](O)[C@@H](CO)OC(O)[C@@H]3NC(C)=O)[C@H]2NC(C)=O)O[C@H](CO)[C@@H](O)[C@@H]1O. The minimum atomic E-state index is -1.73. The smallest absolute Gasteiger partial charge is 0.217 e. The van der Waals surface area contributed by atoms with Crippen LogP contribution in [0.5, 0.6) is 0 Å². The van der Waals surface area contributed by atoms with E-state index in [1.54, 1.807) is 0 Å². The number of rotatable bonds is 9. The van der Waals surface area contributed by atoms with Gasteiger partial charge >= 0.3 is 0 Å². The van der Waals surface area contributed by atoms with E-state index in [1.165, 1.54) is 6.92 Å². The Morgan fingerprint density at radius 1 is 0.619 bits per heavy atom. The molecule has 0 bridgehead atoms. The fourth-order valence-electron chi connectivity index (χ4n) is 5.21. The van der Waals surface area contributed by atoms with Gasteiger partial charge in [0.1, 0.15) is 67.0 Å². The molecule has 1 unspecified atom stereocenters. The minimum Gasteiger partial charge on any atom is -0.394 e. The van der Waals surface area contributed by atoms with E-state index in [4.69, 9.17) is 23.7 Å². The summed E-state index contributed by atoms with van der Waals surface area (Å²) in [6, 6.07) is -4.13. The van der Waals surface area contributed by atoms with Crippen LogP contribution in [0, 0.1) is 0 Å². The Bertz CT molecular complexity index is 945. The van der Waals surface area contributed by atoms with Gasteiger partial charge in [0, 0.05) is 20.8 Å². The minimum absolute atomic E-state index is 0.614. The van der Waals surface area contributed by atoms with E-state index in [2.05, 4.69) is 16.0 Å². The summed E-state index contributed by atoms with van der Waals surface area (Å²) in [5.74, 6) is -1.88. The number of amides is 3. The monoisotopic (exact) mass is 611 g/mol. The number of hydrogen-bond donors (Lipinski definition) is 10. The van der Waals surface area contributed by atoms with Gasteiger partial charge in [-0.1, -0.05) is 0 Å². The first-order valence-corrected chi connectivity index (χ1v) is 13.4. The van der Waals surface area contributed by atoms with Gasteiger partial charge in [-0.25, -0.2) is 0 Å². The summed E-state index contributed by atoms with van der Waals surface area (Å²) >= 11 is 0. The number of aliphatic hydroxyl groups is 7. The maximum atomic E-state index is 12.3. The molecule has 0 aromatic heterocycles. The molecular formula is C24H41N3O15. The average molecular weight is 612 g/mol. The second kappa shape index (κ2) is 14.6. The molecule has 0 aromatic carbocycles. The van der Waals surface area contributed by atoms with Crippen molar-refractivity contribution < 1.29 is 73.8 Å². The van der Waals surface area contributed by atoms with Crippen molar-refractivity contribution in [2.75, 3.05) is 13.2 Å². The fourth-order valence-corrected chi connectivity index (χ4v) is 5.21. The first-order valence-electron chi connectivity index (χ1n) is 13.4. The van der Waals surface area contributed by atoms with Crippen LogP contribution in [0.15, 0.2) is 0 Å². The predicted molar refractivity (Wildman–Crippen MR) is 135 cm³/mol. The zero-order chi connectivity index (χ0) is 31.5. The highest BCUT2D eigenvalue weighted by molar-refractivity contribution is 5.74. The lowest BCUT2D eigenvalue weighted by atomic mass is 9.93. The summed E-state index contributed by atoms with van der Waals surface area (Å²) < 4.78 is 28.6. The average Bonchev–Trinajstić information content (AvgIpc) is 2.91. The van der Waals surface area contributed by atoms with Gasteiger partial charge in [-0.05, 0) is 6.92 Å². The highest BCUT2D eigenvalue weighted by Crippen LogP contribution is 2.32. The second-order valence-corrected chi connectivity index (χ2v) is 10.5. The standard InChI is InChI=1S/C24H41N3O15/c1-7-16(33)21(42-23-13(25-8(2)30)19(36)17(34)11(5-28)40-23)15(27-10(4)32)24(38-7)41-20-14(26-9(3)31)22(37)39-12(6-29)18(20)35/h7,11-24,28-29,33-37H,5-6H2,1-4H3,(H,25,30)(H,26,31)(H,27,32)/t7-,11+,12+,13-,14+,15-,16+,17+,18-,19+,20+,21-,22?,23-,24-/m0/s1. The largest absolute Gasteiger partial charge is 0.394 e. The van der Waals surface area contributed by atoms with Crippen LogP contribution in [0.4, 0.5) is 0 Å². The van der Waals surface area contributed by atoms with Crippen molar-refractivity contribution in [3.05, 3.63) is 0 Å². The molecule has 3 aliphatic heterocycles. The molecule has 3 amide bonds. The van der Waals surface area contributed by atoms with Crippen LogP contribution in [-0.2, 0) is 38.1 Å². The molecule has 0 saturated carbocycles. The number of carbonyl (C=O) groups excluding carboxylic acids is 3. The Hall–Kier alpha value is -2.07. The van der Waals surface area contributed by atoms with Gasteiger partial charge in [0.25, 0.3) is 0 Å². The van der Waals surface area contributed by atoms with Gasteiger partial charge < -0.3 is 75.4 Å². The lowest BCUT2D eigenvalue weighted by Crippen LogP contribution is -2.71. The van der Waals surface area contributed by atoms with Crippen LogP contribution < -0.4 is 16.0 Å². The number of aliphatic hydroxyl groups excluding tert-OH is 7. The first kappa shape index (κ1) is 34.4. The summed E-state index contributed by atoms with van der Waals surface area (Å²) in [6.45, 7) is 3.40. The van der Waals surface area contributed by atoms with Crippen molar-refractivity contribution in [3.63, 3.8) is 0 Å². The summed E-state index contributed by atoms with van der Waals surface area (Å²) in [6.07, 6.45) is -17.9. The van der Waals surface area contributed by atoms with E-state index < -0.39 is 123 Å². The van der Waals surface area contributed by atoms with Crippen molar-refractivity contribution >= 4 is 17.7 Å². The molecule has 0 aliphatic carbocycles. The molecule has 18 heteroatoms. The first-order chi connectivity index (χ1) is 19.7. The van der Waals surface area contributed by atoms with E-state index in [9.17, 15) is 50.1 Å². The van der Waals surface area contributed by atoms with Crippen molar-refractivity contribution in [1.29, 1.82) is 0 Å². The maximum absolute atomic E-state index is 12.3. The van der Waals surface area contributed by atoms with Crippen molar-refractivity contribution in [2.24, 2.45) is 0 Å². The molecule has 3 heterocycles. The normalized spacial score (nSPS) is 44.2. The van der Waals surface area contributed by atoms with E-state index in [1.807, 2.05) is 0 Å². The molecule has 242 valence electrons. The van der Waals surface area contributed by atoms with E-state index in [-0.39, 0.29) is 0 Å². The Labute approximate surface area is 240 Å². The van der Waals surface area contributed by atoms with Crippen molar-refractivity contribution in [2.45, 2.75) is 120 Å². The third-order valence-corrected chi connectivity index (χ3v) is 7.26. The van der Waals surface area contributed by atoms with Gasteiger partial charge in [0.2, 0.25) is 17.7 Å². The highest BCUT2D eigenvalue weighted by atomic mass is 16.7. The molecule has 42 heavy (non-hydrogen) atoms. The molecule has 3 aliphatic rings. The van der Waals surface area contributed by atoms with Crippen LogP contribution in [0.3, 0.4) is 0 Å². The fraction of sp³-hybridized carbons (Fsp3) is 0.875. The quantitative estimate of drug-likeness (QED) is 0.116. The Balaban J connectivity index is 1.96. The summed E-state index contributed by atoms with van der Waals surface area (Å²) in [7, 11) is 0. The zero-order valence-corrected chi connectivity index (χ0v) is 23.5. The molecule has 18 nitrogen and oxygen atoms in total. The third kappa shape index (κ3) is 7.71. The maximum Gasteiger partial charge on any atom is 0.217 e. The topological polar surface area (TPSA) is 275 Å². The predicted octanol–water partition coefficient (Wildman–Crippen LogP) is -6.11. The summed E-state index contributed by atoms with van der Waals surface area (Å²) in [5, 5.41) is 80.0. The Kier molecular flexibility index (Phi) is 12.0. The van der Waals surface area contributed by atoms with Crippen molar-refractivity contribution in [1.82, 2.24) is 16.0 Å². The van der Waals surface area contributed by atoms with E-state index in [0.29, 0.717) is 0 Å². The number of ether oxygens (including phenoxy) is 5. The van der Waals surface area contributed by atoms with Gasteiger partial charge in [0.05, 0.1) is 19.3 Å². The molecular weight excluding hydrogens is 570 g/mol. The van der Waals surface area contributed by atoms with Crippen LogP contribution in [0.1, 0.15) is 27.7 Å². The Morgan fingerprint density at radius 3 is 1.60 bits per heavy atom. The van der Waals surface area contributed by atoms with E-state index >= 15 is 0 Å². The molecule has 0 radical (unpaired) electrons. The molecule has 0 aromatic rings. The molecule has 3 saturated heterocycles. The van der Waals surface area contributed by atoms with Crippen LogP contribution in [-0.4, -0.2) is 159 Å². The van der Waals surface area contributed by atoms with Gasteiger partial charge in [-0.3, -0.25) is 14.4 Å². The molecule has 15 atom stereocenters. The van der Waals surface area contributed by atoms with Crippen molar-refractivity contribution in [3.8, 4) is 0 Å². The van der Waals surface area contributed by atoms with E-state index in [0.717, 1.165) is 20.8 Å². The van der Waals surface area contributed by atoms with Gasteiger partial charge in [0.15, 0.2) is 18.9 Å². The lowest BCUT2D eigenvalue weighted by molar-refractivity contribution is -0.343. The number of carbonyl (C=O) groups is 3. The van der Waals surface area contributed by atoms with Crippen LogP contribution in [0.2, 0.25) is 0 Å². The lowest BCUT2D eigenvalue weighted by Gasteiger charge is -2.50. The molecule has 3 rings (SSSR count). The molecule has 3 fully saturated rings. The Morgan fingerprint density at radius 2 is 1.07 bits per heavy atom. The van der Waals surface area contributed by atoms with Gasteiger partial charge in [-0.15, -0.1) is 0 Å². The highest BCUT2D eigenvalue weighted by Gasteiger charge is 2.54. The second-order valence-electron chi connectivity index (χ2n) is 10.5. The summed E-state index contributed by atoms with van der Waals surface area (Å²) in [4.78, 5) is 35.9. The van der Waals surface area contributed by atoms with Crippen LogP contribution in [0.25, 0.3) is 0 Å². The number of nitrogens with one attached hydrogen (secondary N) is 3. The third-order valence-electron chi connectivity index (χ3n) is 7.26. The van der Waals surface area contributed by atoms with Gasteiger partial charge in [-0.2, -0.15) is 0 Å². The molecule has 0 spiro atoms.